The van der Waals surface area contributed by atoms with Crippen LogP contribution in [0.2, 0.25) is 0 Å². The van der Waals surface area contributed by atoms with E-state index in [2.05, 4.69) is 16.2 Å². The maximum atomic E-state index is 13.3. The summed E-state index contributed by atoms with van der Waals surface area (Å²) in [6, 6.07) is 10.3. The number of aromatic nitrogens is 1. The number of nitrogens with one attached hydrogen (secondary N) is 1. The van der Waals surface area contributed by atoms with Crippen LogP contribution in [-0.2, 0) is 31.8 Å². The van der Waals surface area contributed by atoms with Gasteiger partial charge in [-0.1, -0.05) is 18.1 Å². The van der Waals surface area contributed by atoms with Gasteiger partial charge in [-0.25, -0.2) is 14.4 Å². The van der Waals surface area contributed by atoms with Crippen LogP contribution < -0.4 is 5.32 Å². The van der Waals surface area contributed by atoms with Gasteiger partial charge in [0, 0.05) is 24.5 Å². The van der Waals surface area contributed by atoms with Crippen LogP contribution in [0.1, 0.15) is 58.2 Å². The fourth-order valence-electron chi connectivity index (χ4n) is 4.27. The predicted molar refractivity (Wildman–Crippen MR) is 152 cm³/mol. The third kappa shape index (κ3) is 10.0. The second-order valence-corrected chi connectivity index (χ2v) is 11.8. The van der Waals surface area contributed by atoms with E-state index in [0.717, 1.165) is 11.1 Å². The van der Waals surface area contributed by atoms with Crippen molar-refractivity contribution in [1.82, 2.24) is 15.2 Å². The van der Waals surface area contributed by atoms with E-state index < -0.39 is 47.8 Å². The maximum Gasteiger partial charge on any atom is 0.509 e. The molecule has 0 aliphatic carbocycles. The second kappa shape index (κ2) is 13.4. The smallest absolute Gasteiger partial charge is 0.444 e. The zero-order valence-corrected chi connectivity index (χ0v) is 24.5. The Kier molecular flexibility index (Phi) is 10.2. The number of alkyl carbamates (subject to hydrolysis) is 1. The standard InChI is InChI=1S/C31H39N3O7/c1-8-21-9-11-23(12-10-21)19-24-26(39-27(35)33-18-15-22-13-16-32-17-14-22)25(38-29(37)41-31(5,6)7)20-34(24)28(36)40-30(2,3)4/h1,9-14,16-17,24-26H,15,18-20H2,2-7H3,(H,33,35)/t24-,25+,26+/m1/s1. The van der Waals surface area contributed by atoms with E-state index in [4.69, 9.17) is 25.4 Å². The molecule has 2 heterocycles. The molecule has 10 heteroatoms. The SMILES string of the molecule is C#Cc1ccc(C[C@@H]2[C@H](OC(=O)NCCc3ccncc3)[C@@H](OC(=O)OC(C)(C)C)CN2C(=O)OC(C)(C)C)cc1. The lowest BCUT2D eigenvalue weighted by Crippen LogP contribution is -2.46. The number of carbonyl (C=O) groups is 3. The van der Waals surface area contributed by atoms with Crippen molar-refractivity contribution in [1.29, 1.82) is 0 Å². The highest BCUT2D eigenvalue weighted by Gasteiger charge is 2.50. The molecule has 2 amide bonds. The first-order chi connectivity index (χ1) is 19.2. The lowest BCUT2D eigenvalue weighted by molar-refractivity contribution is -0.0517. The highest BCUT2D eigenvalue weighted by atomic mass is 16.7. The Balaban J connectivity index is 1.86. The molecule has 1 fully saturated rings. The zero-order chi connectivity index (χ0) is 30.2. The van der Waals surface area contributed by atoms with Crippen LogP contribution in [0.25, 0.3) is 0 Å². The van der Waals surface area contributed by atoms with Crippen molar-refractivity contribution in [2.45, 2.75) is 83.8 Å². The number of hydrogen-bond donors (Lipinski definition) is 1. The van der Waals surface area contributed by atoms with Gasteiger partial charge in [0.15, 0.2) is 12.2 Å². The van der Waals surface area contributed by atoms with Gasteiger partial charge in [-0.3, -0.25) is 9.88 Å². The van der Waals surface area contributed by atoms with Crippen molar-refractivity contribution >= 4 is 18.3 Å². The van der Waals surface area contributed by atoms with Crippen LogP contribution in [0.15, 0.2) is 48.8 Å². The van der Waals surface area contributed by atoms with E-state index in [0.29, 0.717) is 18.5 Å². The average Bonchev–Trinajstić information content (AvgIpc) is 3.19. The van der Waals surface area contributed by atoms with Gasteiger partial charge in [-0.2, -0.15) is 0 Å². The van der Waals surface area contributed by atoms with Crippen molar-refractivity contribution in [3.63, 3.8) is 0 Å². The number of terminal acetylenes is 1. The number of nitrogens with zero attached hydrogens (tertiary/aromatic N) is 2. The Morgan fingerprint density at radius 3 is 2.17 bits per heavy atom. The summed E-state index contributed by atoms with van der Waals surface area (Å²) in [5.41, 5.74) is 0.959. The van der Waals surface area contributed by atoms with Gasteiger partial charge in [0.05, 0.1) is 12.6 Å². The number of carbonyl (C=O) groups excluding carboxylic acids is 3. The molecule has 0 unspecified atom stereocenters. The van der Waals surface area contributed by atoms with E-state index in [-0.39, 0.29) is 13.0 Å². The summed E-state index contributed by atoms with van der Waals surface area (Å²) in [4.78, 5) is 44.4. The summed E-state index contributed by atoms with van der Waals surface area (Å²) in [6.45, 7) is 10.7. The van der Waals surface area contributed by atoms with E-state index in [1.807, 2.05) is 24.3 Å². The van der Waals surface area contributed by atoms with Crippen molar-refractivity contribution in [2.24, 2.45) is 0 Å². The monoisotopic (exact) mass is 565 g/mol. The van der Waals surface area contributed by atoms with Crippen LogP contribution in [0.3, 0.4) is 0 Å². The van der Waals surface area contributed by atoms with Crippen LogP contribution >= 0.6 is 0 Å². The molecule has 0 saturated carbocycles. The van der Waals surface area contributed by atoms with Crippen molar-refractivity contribution in [2.75, 3.05) is 13.1 Å². The summed E-state index contributed by atoms with van der Waals surface area (Å²) in [5, 5.41) is 2.74. The summed E-state index contributed by atoms with van der Waals surface area (Å²) < 4.78 is 22.5. The summed E-state index contributed by atoms with van der Waals surface area (Å²) in [5.74, 6) is 2.58. The molecule has 3 rings (SSSR count). The Bertz CT molecular complexity index is 1230. The van der Waals surface area contributed by atoms with Crippen molar-refractivity contribution in [3.05, 3.63) is 65.5 Å². The molecule has 3 atom stereocenters. The van der Waals surface area contributed by atoms with E-state index in [1.54, 1.807) is 66.1 Å². The quantitative estimate of drug-likeness (QED) is 0.287. The van der Waals surface area contributed by atoms with Crippen LogP contribution in [0, 0.1) is 12.3 Å². The molecule has 1 saturated heterocycles. The fourth-order valence-corrected chi connectivity index (χ4v) is 4.27. The summed E-state index contributed by atoms with van der Waals surface area (Å²) >= 11 is 0. The Morgan fingerprint density at radius 1 is 0.951 bits per heavy atom. The minimum Gasteiger partial charge on any atom is -0.444 e. The molecule has 41 heavy (non-hydrogen) atoms. The van der Waals surface area contributed by atoms with E-state index >= 15 is 0 Å². The maximum absolute atomic E-state index is 13.3. The molecule has 1 aliphatic heterocycles. The number of hydrogen-bond acceptors (Lipinski definition) is 8. The van der Waals surface area contributed by atoms with E-state index in [9.17, 15) is 14.4 Å². The first kappa shape index (κ1) is 31.3. The Morgan fingerprint density at radius 2 is 1.59 bits per heavy atom. The zero-order valence-electron chi connectivity index (χ0n) is 24.5. The average molecular weight is 566 g/mol. The normalized spacial score (nSPS) is 18.7. The molecule has 10 nitrogen and oxygen atoms in total. The lowest BCUT2D eigenvalue weighted by Gasteiger charge is -2.30. The first-order valence-corrected chi connectivity index (χ1v) is 13.5. The Hall–Kier alpha value is -4.26. The number of likely N-dealkylation sites (tertiary alicyclic amines) is 1. The summed E-state index contributed by atoms with van der Waals surface area (Å²) in [7, 11) is 0. The van der Waals surface area contributed by atoms with Crippen molar-refractivity contribution in [3.8, 4) is 12.3 Å². The minimum atomic E-state index is -1.01. The van der Waals surface area contributed by atoms with Gasteiger partial charge in [0.25, 0.3) is 0 Å². The highest BCUT2D eigenvalue weighted by molar-refractivity contribution is 5.71. The van der Waals surface area contributed by atoms with Crippen LogP contribution in [0.4, 0.5) is 14.4 Å². The number of amides is 2. The van der Waals surface area contributed by atoms with Gasteiger partial charge in [-0.15, -0.1) is 6.42 Å². The predicted octanol–water partition coefficient (Wildman–Crippen LogP) is 4.88. The molecule has 1 aliphatic rings. The van der Waals surface area contributed by atoms with Crippen LogP contribution in [-0.4, -0.2) is 70.8 Å². The van der Waals surface area contributed by atoms with Crippen molar-refractivity contribution < 1.29 is 33.3 Å². The molecular formula is C31H39N3O7. The minimum absolute atomic E-state index is 0.0593. The third-order valence-corrected chi connectivity index (χ3v) is 6.03. The topological polar surface area (TPSA) is 116 Å². The number of rotatable bonds is 7. The van der Waals surface area contributed by atoms with Gasteiger partial charge in [0.2, 0.25) is 0 Å². The molecule has 0 radical (unpaired) electrons. The first-order valence-electron chi connectivity index (χ1n) is 13.5. The summed E-state index contributed by atoms with van der Waals surface area (Å²) in [6.07, 6.45) is 5.43. The highest BCUT2D eigenvalue weighted by Crippen LogP contribution is 2.30. The Labute approximate surface area is 241 Å². The number of benzene rings is 1. The third-order valence-electron chi connectivity index (χ3n) is 6.03. The lowest BCUT2D eigenvalue weighted by atomic mass is 10.00. The largest absolute Gasteiger partial charge is 0.509 e. The van der Waals surface area contributed by atoms with Gasteiger partial charge in [-0.05, 0) is 89.8 Å². The van der Waals surface area contributed by atoms with Gasteiger partial charge < -0.3 is 24.3 Å². The fraction of sp³-hybridized carbons (Fsp3) is 0.484. The molecule has 2 aromatic rings. The molecule has 1 N–H and O–H groups in total. The van der Waals surface area contributed by atoms with Crippen LogP contribution in [0.5, 0.6) is 0 Å². The number of ether oxygens (including phenoxy) is 4. The second-order valence-electron chi connectivity index (χ2n) is 11.8. The molecule has 220 valence electrons. The molecule has 0 spiro atoms. The molecule has 0 bridgehead atoms. The van der Waals surface area contributed by atoms with Gasteiger partial charge in [0.1, 0.15) is 11.2 Å². The molecular weight excluding hydrogens is 526 g/mol. The van der Waals surface area contributed by atoms with E-state index in [1.165, 1.54) is 4.90 Å². The molecule has 1 aromatic heterocycles. The molecule has 1 aromatic carbocycles. The number of pyridine rings is 1. The van der Waals surface area contributed by atoms with Gasteiger partial charge >= 0.3 is 18.3 Å².